The number of nitrogens with one attached hydrogen (secondary N) is 2. The van der Waals surface area contributed by atoms with E-state index < -0.39 is 17.8 Å². The quantitative estimate of drug-likeness (QED) is 0.198. The van der Waals surface area contributed by atoms with Crippen LogP contribution in [0, 0.1) is 11.2 Å². The number of nitrogens with zero attached hydrogens (tertiary/aromatic N) is 1. The zero-order valence-electron chi connectivity index (χ0n) is 20.8. The molecule has 1 aliphatic heterocycles. The zero-order valence-corrected chi connectivity index (χ0v) is 20.8. The number of carbonyl (C=O) groups is 1. The van der Waals surface area contributed by atoms with E-state index in [2.05, 4.69) is 10.2 Å². The molecule has 0 bridgehead atoms. The van der Waals surface area contributed by atoms with Gasteiger partial charge in [0.15, 0.2) is 17.6 Å². The molecule has 3 rings (SSSR count). The van der Waals surface area contributed by atoms with Gasteiger partial charge in [-0.05, 0) is 63.6 Å². The van der Waals surface area contributed by atoms with Crippen LogP contribution in [0.25, 0.3) is 0 Å². The minimum absolute atomic E-state index is 0.00479. The largest absolute Gasteiger partial charge is 0.494 e. The maximum absolute atomic E-state index is 15.9. The van der Waals surface area contributed by atoms with E-state index in [9.17, 15) is 9.90 Å². The van der Waals surface area contributed by atoms with E-state index in [0.717, 1.165) is 19.4 Å². The van der Waals surface area contributed by atoms with Gasteiger partial charge in [-0.15, -0.1) is 0 Å². The third-order valence-electron chi connectivity index (χ3n) is 5.86. The van der Waals surface area contributed by atoms with E-state index in [1.54, 1.807) is 31.2 Å². The molecular weight excluding hydrogens is 467 g/mol. The third-order valence-corrected chi connectivity index (χ3v) is 5.86. The number of ether oxygens (including phenoxy) is 3. The Bertz CT molecular complexity index is 1030. The Morgan fingerprint density at radius 1 is 1.28 bits per heavy atom. The molecule has 36 heavy (non-hydrogen) atoms. The van der Waals surface area contributed by atoms with E-state index in [0.29, 0.717) is 36.7 Å². The number of esters is 1. The smallest absolute Gasteiger partial charge is 0.333 e. The van der Waals surface area contributed by atoms with Crippen LogP contribution in [0.2, 0.25) is 0 Å². The number of likely N-dealkylation sites (tertiary alicyclic amines) is 1. The number of amidine groups is 1. The van der Waals surface area contributed by atoms with Gasteiger partial charge in [-0.2, -0.15) is 0 Å². The van der Waals surface area contributed by atoms with Crippen molar-refractivity contribution in [2.45, 2.75) is 38.8 Å². The van der Waals surface area contributed by atoms with Crippen molar-refractivity contribution in [2.75, 3.05) is 44.8 Å². The second-order valence-electron chi connectivity index (χ2n) is 8.48. The first-order valence-electron chi connectivity index (χ1n) is 12.2. The van der Waals surface area contributed by atoms with Crippen LogP contribution in [0.1, 0.15) is 43.9 Å². The molecule has 2 atom stereocenters. The molecule has 9 nitrogen and oxygen atoms in total. The van der Waals surface area contributed by atoms with Crippen molar-refractivity contribution >= 4 is 17.5 Å². The summed E-state index contributed by atoms with van der Waals surface area (Å²) in [7, 11) is 0. The molecule has 2 aromatic carbocycles. The van der Waals surface area contributed by atoms with Crippen LogP contribution in [-0.4, -0.2) is 67.4 Å². The number of carbonyl (C=O) groups excluding carboxylic acids is 1. The Balaban J connectivity index is 1.95. The summed E-state index contributed by atoms with van der Waals surface area (Å²) in [6.45, 7) is 5.96. The van der Waals surface area contributed by atoms with E-state index in [4.69, 9.17) is 25.4 Å². The van der Waals surface area contributed by atoms with E-state index >= 15 is 4.39 Å². The second kappa shape index (κ2) is 13.1. The standard InChI is InChI=1S/C26H35FN4O5/c1-3-34-20-14-21(23(27)22(15-20)36-19-6-5-11-31(16-19)12-13-32)24(26(33)35-4-2)30-18-9-7-17(8-10-18)25(28)29/h7-10,14-15,19,24,30,32H,3-6,11-13,16H2,1-2H3,(H3,28,29). The molecule has 0 spiro atoms. The number of aliphatic hydroxyl groups is 1. The van der Waals surface area contributed by atoms with Crippen molar-refractivity contribution in [3.05, 3.63) is 53.3 Å². The van der Waals surface area contributed by atoms with Crippen LogP contribution in [-0.2, 0) is 9.53 Å². The topological polar surface area (TPSA) is 130 Å². The second-order valence-corrected chi connectivity index (χ2v) is 8.48. The Kier molecular flexibility index (Phi) is 9.89. The van der Waals surface area contributed by atoms with E-state index in [1.807, 2.05) is 6.92 Å². The highest BCUT2D eigenvalue weighted by Crippen LogP contribution is 2.35. The number of halogens is 1. The molecular formula is C26H35FN4O5. The predicted octanol–water partition coefficient (Wildman–Crippen LogP) is 3.06. The molecule has 1 saturated heterocycles. The number of nitrogen functional groups attached to an aromatic ring is 1. The lowest BCUT2D eigenvalue weighted by Gasteiger charge is -2.32. The molecule has 1 heterocycles. The SMILES string of the molecule is CCOC(=O)C(Nc1ccc(C(=N)N)cc1)c1cc(OCC)cc(OC2CCCN(CCO)C2)c1F. The normalized spacial score (nSPS) is 16.7. The molecule has 196 valence electrons. The summed E-state index contributed by atoms with van der Waals surface area (Å²) in [6, 6.07) is 8.38. The first-order chi connectivity index (χ1) is 17.4. The fourth-order valence-electron chi connectivity index (χ4n) is 4.17. The first kappa shape index (κ1) is 27.2. The molecule has 2 unspecified atom stereocenters. The third kappa shape index (κ3) is 7.08. The fraction of sp³-hybridized carbons (Fsp3) is 0.462. The molecule has 0 saturated carbocycles. The van der Waals surface area contributed by atoms with Gasteiger partial charge in [-0.3, -0.25) is 10.3 Å². The minimum Gasteiger partial charge on any atom is -0.494 e. The number of piperidine rings is 1. The van der Waals surface area contributed by atoms with Crippen LogP contribution in [0.5, 0.6) is 11.5 Å². The summed E-state index contributed by atoms with van der Waals surface area (Å²) in [5, 5.41) is 19.9. The van der Waals surface area contributed by atoms with Gasteiger partial charge in [0.25, 0.3) is 0 Å². The molecule has 0 aromatic heterocycles. The molecule has 2 aromatic rings. The van der Waals surface area contributed by atoms with Crippen molar-refractivity contribution in [3.8, 4) is 11.5 Å². The summed E-state index contributed by atoms with van der Waals surface area (Å²) in [5.41, 5.74) is 6.61. The average molecular weight is 503 g/mol. The number of nitrogens with two attached hydrogens (primary N) is 1. The van der Waals surface area contributed by atoms with Gasteiger partial charge in [0.05, 0.1) is 19.8 Å². The van der Waals surface area contributed by atoms with Crippen LogP contribution in [0.3, 0.4) is 0 Å². The van der Waals surface area contributed by atoms with Crippen molar-refractivity contribution < 1.29 is 28.5 Å². The van der Waals surface area contributed by atoms with Crippen LogP contribution in [0.15, 0.2) is 36.4 Å². The average Bonchev–Trinajstić information content (AvgIpc) is 2.85. The lowest BCUT2D eigenvalue weighted by Crippen LogP contribution is -2.42. The first-order valence-corrected chi connectivity index (χ1v) is 12.2. The Hall–Kier alpha value is -3.37. The maximum atomic E-state index is 15.9. The summed E-state index contributed by atoms with van der Waals surface area (Å²) in [6.07, 6.45) is 1.35. The molecule has 1 aliphatic rings. The number of benzene rings is 2. The minimum atomic E-state index is -1.17. The van der Waals surface area contributed by atoms with E-state index in [-0.39, 0.29) is 36.5 Å². The van der Waals surface area contributed by atoms with Crippen molar-refractivity contribution in [1.82, 2.24) is 4.90 Å². The molecule has 0 amide bonds. The summed E-state index contributed by atoms with van der Waals surface area (Å²) < 4.78 is 32.9. The number of hydrogen-bond donors (Lipinski definition) is 4. The highest BCUT2D eigenvalue weighted by atomic mass is 19.1. The lowest BCUT2D eigenvalue weighted by atomic mass is 10.0. The van der Waals surface area contributed by atoms with Gasteiger partial charge in [0, 0.05) is 36.0 Å². The Morgan fingerprint density at radius 3 is 2.67 bits per heavy atom. The van der Waals surface area contributed by atoms with Gasteiger partial charge < -0.3 is 30.4 Å². The molecule has 0 aliphatic carbocycles. The summed E-state index contributed by atoms with van der Waals surface area (Å²) in [4.78, 5) is 15.0. The Labute approximate surface area is 210 Å². The van der Waals surface area contributed by atoms with Crippen molar-refractivity contribution in [3.63, 3.8) is 0 Å². The van der Waals surface area contributed by atoms with Crippen molar-refractivity contribution in [1.29, 1.82) is 5.41 Å². The zero-order chi connectivity index (χ0) is 26.1. The van der Waals surface area contributed by atoms with Crippen LogP contribution in [0.4, 0.5) is 10.1 Å². The predicted molar refractivity (Wildman–Crippen MR) is 135 cm³/mol. The number of hydrogen-bond acceptors (Lipinski definition) is 8. The molecule has 10 heteroatoms. The highest BCUT2D eigenvalue weighted by molar-refractivity contribution is 5.95. The molecule has 0 radical (unpaired) electrons. The van der Waals surface area contributed by atoms with Gasteiger partial charge in [0.1, 0.15) is 17.7 Å². The van der Waals surface area contributed by atoms with Gasteiger partial charge in [-0.25, -0.2) is 9.18 Å². The van der Waals surface area contributed by atoms with Gasteiger partial charge in [0.2, 0.25) is 0 Å². The Morgan fingerprint density at radius 2 is 2.03 bits per heavy atom. The van der Waals surface area contributed by atoms with E-state index in [1.165, 1.54) is 12.1 Å². The van der Waals surface area contributed by atoms with Gasteiger partial charge >= 0.3 is 5.97 Å². The number of anilines is 1. The monoisotopic (exact) mass is 502 g/mol. The lowest BCUT2D eigenvalue weighted by molar-refractivity contribution is -0.144. The summed E-state index contributed by atoms with van der Waals surface area (Å²) in [5.74, 6) is -1.05. The highest BCUT2D eigenvalue weighted by Gasteiger charge is 2.30. The number of rotatable bonds is 12. The van der Waals surface area contributed by atoms with Gasteiger partial charge in [-0.1, -0.05) is 0 Å². The van der Waals surface area contributed by atoms with Crippen LogP contribution >= 0.6 is 0 Å². The summed E-state index contributed by atoms with van der Waals surface area (Å²) >= 11 is 0. The number of aliphatic hydroxyl groups excluding tert-OH is 1. The number of β-amino-alcohol motifs (C(OH)–C–C–N with tert-alkyl or cyclic N) is 1. The molecule has 5 N–H and O–H groups in total. The molecule has 1 fully saturated rings. The fourth-order valence-corrected chi connectivity index (χ4v) is 4.17. The van der Waals surface area contributed by atoms with Crippen LogP contribution < -0.4 is 20.5 Å². The van der Waals surface area contributed by atoms with Crippen molar-refractivity contribution in [2.24, 2.45) is 5.73 Å². The maximum Gasteiger partial charge on any atom is 0.333 e.